The quantitative estimate of drug-likeness (QED) is 0.403. The third kappa shape index (κ3) is 4.38. The van der Waals surface area contributed by atoms with Crippen LogP contribution in [0.15, 0.2) is 72.8 Å². The standard InChI is InChI=1S/C30H30N2O7/c1-4-39-21-13-11-20(12-14-21)32-27(33)24-25(28(32)34)30(29(35)36,17-18-8-6-5-7-9-18)31-26(24)19-10-15-22(37-2)23(16-19)38-3/h5-16,24-26,31H,4,17H2,1-3H3,(H,35,36)/t24-,25-,26-,30+/m0/s1. The van der Waals surface area contributed by atoms with E-state index in [9.17, 15) is 19.5 Å². The number of aliphatic carboxylic acids is 1. The SMILES string of the molecule is CCOc1ccc(N2C(=O)[C@H]3[C@@H](C2=O)[C@](Cc2ccccc2)(C(=O)O)N[C@H]3c2ccc(OC)c(OC)c2)cc1. The average molecular weight is 531 g/mol. The summed E-state index contributed by atoms with van der Waals surface area (Å²) in [5.41, 5.74) is -0.00307. The number of methoxy groups -OCH3 is 2. The Morgan fingerprint density at radius 3 is 2.26 bits per heavy atom. The van der Waals surface area contributed by atoms with E-state index in [2.05, 4.69) is 5.32 Å². The Morgan fingerprint density at radius 1 is 0.949 bits per heavy atom. The molecule has 3 aromatic rings. The number of anilines is 1. The first-order chi connectivity index (χ1) is 18.8. The number of nitrogens with zero attached hydrogens (tertiary/aromatic N) is 1. The number of carbonyl (C=O) groups excluding carboxylic acids is 2. The molecule has 0 saturated carbocycles. The van der Waals surface area contributed by atoms with Crippen molar-refractivity contribution in [2.24, 2.45) is 11.8 Å². The molecule has 2 fully saturated rings. The molecule has 202 valence electrons. The van der Waals surface area contributed by atoms with Crippen LogP contribution in [-0.4, -0.2) is 49.3 Å². The number of imide groups is 1. The number of nitrogens with one attached hydrogen (secondary N) is 1. The molecule has 2 amide bonds. The van der Waals surface area contributed by atoms with Crippen LogP contribution >= 0.6 is 0 Å². The maximum absolute atomic E-state index is 14.0. The summed E-state index contributed by atoms with van der Waals surface area (Å²) in [5.74, 6) is -2.78. The maximum Gasteiger partial charge on any atom is 0.325 e. The molecule has 0 bridgehead atoms. The number of hydrogen-bond donors (Lipinski definition) is 2. The van der Waals surface area contributed by atoms with Gasteiger partial charge < -0.3 is 19.3 Å². The zero-order valence-corrected chi connectivity index (χ0v) is 21.9. The van der Waals surface area contributed by atoms with E-state index in [0.29, 0.717) is 35.1 Å². The van der Waals surface area contributed by atoms with Gasteiger partial charge in [0.25, 0.3) is 0 Å². The summed E-state index contributed by atoms with van der Waals surface area (Å²) in [7, 11) is 3.02. The van der Waals surface area contributed by atoms with E-state index in [4.69, 9.17) is 14.2 Å². The molecule has 3 aromatic carbocycles. The normalized spacial score (nSPS) is 24.0. The fourth-order valence-electron chi connectivity index (χ4n) is 5.80. The average Bonchev–Trinajstić information content (AvgIpc) is 3.43. The molecule has 2 aliphatic heterocycles. The van der Waals surface area contributed by atoms with Crippen LogP contribution in [0.5, 0.6) is 17.2 Å². The molecule has 0 unspecified atom stereocenters. The van der Waals surface area contributed by atoms with Crippen molar-refractivity contribution < 1.29 is 33.7 Å². The van der Waals surface area contributed by atoms with Crippen LogP contribution in [0, 0.1) is 11.8 Å². The number of carboxylic acid groups (broad SMARTS) is 1. The van der Waals surface area contributed by atoms with Crippen molar-refractivity contribution in [3.05, 3.63) is 83.9 Å². The summed E-state index contributed by atoms with van der Waals surface area (Å²) in [6, 6.07) is 20.2. The summed E-state index contributed by atoms with van der Waals surface area (Å²) >= 11 is 0. The highest BCUT2D eigenvalue weighted by molar-refractivity contribution is 6.24. The molecule has 0 spiro atoms. The van der Waals surface area contributed by atoms with Crippen molar-refractivity contribution in [1.29, 1.82) is 0 Å². The summed E-state index contributed by atoms with van der Waals surface area (Å²) in [6.45, 7) is 2.34. The Labute approximate surface area is 226 Å². The predicted octanol–water partition coefficient (Wildman–Crippen LogP) is 3.62. The van der Waals surface area contributed by atoms with Crippen molar-refractivity contribution in [2.75, 3.05) is 25.7 Å². The Balaban J connectivity index is 1.63. The maximum atomic E-state index is 14.0. The predicted molar refractivity (Wildman–Crippen MR) is 143 cm³/mol. The fourth-order valence-corrected chi connectivity index (χ4v) is 5.80. The van der Waals surface area contributed by atoms with Crippen molar-refractivity contribution in [1.82, 2.24) is 5.32 Å². The minimum absolute atomic E-state index is 0.0181. The van der Waals surface area contributed by atoms with Gasteiger partial charge in [0.1, 0.15) is 11.3 Å². The van der Waals surface area contributed by atoms with Gasteiger partial charge in [-0.15, -0.1) is 0 Å². The van der Waals surface area contributed by atoms with Gasteiger partial charge in [0.05, 0.1) is 38.3 Å². The van der Waals surface area contributed by atoms with Gasteiger partial charge in [-0.25, -0.2) is 4.90 Å². The lowest BCUT2D eigenvalue weighted by atomic mass is 9.76. The van der Waals surface area contributed by atoms with E-state index in [-0.39, 0.29) is 6.42 Å². The second-order valence-corrected chi connectivity index (χ2v) is 9.62. The second kappa shape index (κ2) is 10.4. The molecule has 39 heavy (non-hydrogen) atoms. The summed E-state index contributed by atoms with van der Waals surface area (Å²) in [5, 5.41) is 13.9. The zero-order chi connectivity index (χ0) is 27.7. The Morgan fingerprint density at radius 2 is 1.64 bits per heavy atom. The van der Waals surface area contributed by atoms with Gasteiger partial charge in [0.2, 0.25) is 11.8 Å². The number of carboxylic acids is 1. The second-order valence-electron chi connectivity index (χ2n) is 9.62. The molecule has 9 nitrogen and oxygen atoms in total. The van der Waals surface area contributed by atoms with Gasteiger partial charge in [0.15, 0.2) is 11.5 Å². The molecule has 0 aromatic heterocycles. The lowest BCUT2D eigenvalue weighted by Gasteiger charge is -2.31. The van der Waals surface area contributed by atoms with Crippen LogP contribution in [0.2, 0.25) is 0 Å². The molecular formula is C30H30N2O7. The topological polar surface area (TPSA) is 114 Å². The van der Waals surface area contributed by atoms with E-state index in [1.807, 2.05) is 37.3 Å². The molecular weight excluding hydrogens is 500 g/mol. The number of hydrogen-bond acceptors (Lipinski definition) is 7. The highest BCUT2D eigenvalue weighted by Gasteiger charge is 2.68. The van der Waals surface area contributed by atoms with Crippen LogP contribution < -0.4 is 24.4 Å². The van der Waals surface area contributed by atoms with Crippen molar-refractivity contribution in [3.8, 4) is 17.2 Å². The fraction of sp³-hybridized carbons (Fsp3) is 0.300. The minimum atomic E-state index is -1.73. The van der Waals surface area contributed by atoms with E-state index < -0.39 is 41.2 Å². The van der Waals surface area contributed by atoms with Crippen LogP contribution in [0.4, 0.5) is 5.69 Å². The van der Waals surface area contributed by atoms with Crippen LogP contribution in [0.3, 0.4) is 0 Å². The van der Waals surface area contributed by atoms with Gasteiger partial charge in [-0.05, 0) is 54.4 Å². The number of rotatable bonds is 9. The molecule has 2 N–H and O–H groups in total. The van der Waals surface area contributed by atoms with Crippen LogP contribution in [0.1, 0.15) is 24.1 Å². The van der Waals surface area contributed by atoms with Crippen molar-refractivity contribution >= 4 is 23.5 Å². The summed E-state index contributed by atoms with van der Waals surface area (Å²) in [4.78, 5) is 42.3. The molecule has 2 saturated heterocycles. The van der Waals surface area contributed by atoms with E-state index in [1.54, 1.807) is 42.5 Å². The monoisotopic (exact) mass is 530 g/mol. The lowest BCUT2D eigenvalue weighted by Crippen LogP contribution is -2.57. The molecule has 2 heterocycles. The molecule has 2 aliphatic rings. The van der Waals surface area contributed by atoms with E-state index >= 15 is 0 Å². The number of fused-ring (bicyclic) bond motifs is 1. The lowest BCUT2D eigenvalue weighted by molar-refractivity contribution is -0.148. The first-order valence-electron chi connectivity index (χ1n) is 12.7. The smallest absolute Gasteiger partial charge is 0.325 e. The number of benzene rings is 3. The molecule has 5 rings (SSSR count). The summed E-state index contributed by atoms with van der Waals surface area (Å²) in [6.07, 6.45) is 0.0181. The van der Waals surface area contributed by atoms with Crippen LogP contribution in [0.25, 0.3) is 0 Å². The largest absolute Gasteiger partial charge is 0.494 e. The first-order valence-corrected chi connectivity index (χ1v) is 12.7. The third-order valence-corrected chi connectivity index (χ3v) is 7.53. The third-order valence-electron chi connectivity index (χ3n) is 7.53. The number of ether oxygens (including phenoxy) is 3. The summed E-state index contributed by atoms with van der Waals surface area (Å²) < 4.78 is 16.3. The highest BCUT2D eigenvalue weighted by Crippen LogP contribution is 2.51. The van der Waals surface area contributed by atoms with E-state index in [0.717, 1.165) is 10.5 Å². The zero-order valence-electron chi connectivity index (χ0n) is 21.9. The number of amides is 2. The Hall–Kier alpha value is -4.37. The van der Waals surface area contributed by atoms with Gasteiger partial charge >= 0.3 is 5.97 Å². The van der Waals surface area contributed by atoms with Gasteiger partial charge in [-0.1, -0.05) is 36.4 Å². The molecule has 4 atom stereocenters. The Kier molecular flexibility index (Phi) is 7.01. The highest BCUT2D eigenvalue weighted by atomic mass is 16.5. The molecule has 0 aliphatic carbocycles. The minimum Gasteiger partial charge on any atom is -0.494 e. The van der Waals surface area contributed by atoms with Gasteiger partial charge in [0, 0.05) is 12.5 Å². The molecule has 0 radical (unpaired) electrons. The van der Waals surface area contributed by atoms with Crippen LogP contribution in [-0.2, 0) is 20.8 Å². The Bertz CT molecular complexity index is 1390. The molecule has 9 heteroatoms. The number of carbonyl (C=O) groups is 3. The van der Waals surface area contributed by atoms with Gasteiger partial charge in [-0.2, -0.15) is 0 Å². The van der Waals surface area contributed by atoms with Crippen molar-refractivity contribution in [3.63, 3.8) is 0 Å². The van der Waals surface area contributed by atoms with Gasteiger partial charge in [-0.3, -0.25) is 19.7 Å². The first kappa shape index (κ1) is 26.2. The van der Waals surface area contributed by atoms with Crippen molar-refractivity contribution in [2.45, 2.75) is 24.9 Å². The van der Waals surface area contributed by atoms with E-state index in [1.165, 1.54) is 14.2 Å².